The molecule has 4 saturated heterocycles. The number of piperazine rings is 1. The van der Waals surface area contributed by atoms with Crippen molar-refractivity contribution >= 4 is 40.2 Å². The quantitative estimate of drug-likeness (QED) is 0.0875. The average molecular weight is 965 g/mol. The maximum absolute atomic E-state index is 17.8. The van der Waals surface area contributed by atoms with Gasteiger partial charge >= 0.3 is 18.3 Å². The highest BCUT2D eigenvalue weighted by atomic mass is 35.5. The Hall–Kier alpha value is -5.75. The van der Waals surface area contributed by atoms with Crippen LogP contribution in [0, 0.1) is 12.7 Å². The molecule has 2 aromatic carbocycles. The fraction of sp³-hybridized carbons (Fsp3) is 0.490. The molecule has 0 spiro atoms. The highest BCUT2D eigenvalue weighted by Crippen LogP contribution is 2.45. The summed E-state index contributed by atoms with van der Waals surface area (Å²) in [5.41, 5.74) is -3.14. The SMILES string of the molecule is COc1ccc(CN(Cc2ccc(OC)cc2)c2cc(C)c(C(F)(F)F)c(-c3nc(Cl)c4c(N5C[C@H]6CC[C@@H](C5)N6C(=O)OC(C)(C)C)nc(OC[C@@]56CCCN5C[C@H](F)C6)nc4c3F)n2)cc1. The molecule has 3 aromatic heterocycles. The van der Waals surface area contributed by atoms with E-state index in [9.17, 15) is 9.18 Å². The number of fused-ring (bicyclic) bond motifs is 4. The lowest BCUT2D eigenvalue weighted by Gasteiger charge is -2.42. The Balaban J connectivity index is 1.17. The lowest BCUT2D eigenvalue weighted by atomic mass is 9.95. The van der Waals surface area contributed by atoms with Crippen molar-refractivity contribution in [1.82, 2.24) is 29.7 Å². The molecule has 2 bridgehead atoms. The van der Waals surface area contributed by atoms with Gasteiger partial charge in [0.05, 0.1) is 42.8 Å². The number of hydrogen-bond donors (Lipinski definition) is 0. The summed E-state index contributed by atoms with van der Waals surface area (Å²) >= 11 is 7.04. The van der Waals surface area contributed by atoms with E-state index in [-0.39, 0.29) is 91.6 Å². The number of aromatic nitrogens is 4. The summed E-state index contributed by atoms with van der Waals surface area (Å²) in [6.45, 7) is 8.55. The molecule has 0 N–H and O–H groups in total. The van der Waals surface area contributed by atoms with E-state index < -0.39 is 57.9 Å². The van der Waals surface area contributed by atoms with Gasteiger partial charge in [0.15, 0.2) is 5.82 Å². The average Bonchev–Trinajstić information content (AvgIpc) is 3.91. The zero-order chi connectivity index (χ0) is 48.3. The van der Waals surface area contributed by atoms with Gasteiger partial charge in [-0.15, -0.1) is 0 Å². The van der Waals surface area contributed by atoms with E-state index in [1.54, 1.807) is 69.1 Å². The number of pyridine rings is 2. The Morgan fingerprint density at radius 1 is 0.882 bits per heavy atom. The van der Waals surface area contributed by atoms with Gasteiger partial charge in [-0.25, -0.2) is 23.5 Å². The number of ether oxygens (including phenoxy) is 4. The van der Waals surface area contributed by atoms with Crippen LogP contribution < -0.4 is 24.0 Å². The second kappa shape index (κ2) is 18.3. The van der Waals surface area contributed by atoms with Crippen molar-refractivity contribution in [2.75, 3.05) is 56.8 Å². The molecule has 68 heavy (non-hydrogen) atoms. The summed E-state index contributed by atoms with van der Waals surface area (Å²) in [6.07, 6.45) is -3.42. The number of hydrogen-bond acceptors (Lipinski definition) is 12. The Kier molecular flexibility index (Phi) is 12.7. The molecule has 19 heteroatoms. The van der Waals surface area contributed by atoms with Crippen molar-refractivity contribution < 1.29 is 45.7 Å². The highest BCUT2D eigenvalue weighted by molar-refractivity contribution is 6.35. The van der Waals surface area contributed by atoms with Crippen molar-refractivity contribution in [3.05, 3.63) is 87.8 Å². The number of carbonyl (C=O) groups excluding carboxylic acids is 1. The van der Waals surface area contributed by atoms with Gasteiger partial charge in [0.1, 0.15) is 63.6 Å². The molecule has 0 saturated carbocycles. The molecular weight excluding hydrogens is 911 g/mol. The van der Waals surface area contributed by atoms with Crippen molar-refractivity contribution in [3.8, 4) is 28.9 Å². The van der Waals surface area contributed by atoms with Crippen LogP contribution >= 0.6 is 11.6 Å². The lowest BCUT2D eigenvalue weighted by molar-refractivity contribution is -0.137. The third-order valence-electron chi connectivity index (χ3n) is 13.4. The smallest absolute Gasteiger partial charge is 0.418 e. The number of rotatable bonds is 12. The summed E-state index contributed by atoms with van der Waals surface area (Å²) < 4.78 is 101. The van der Waals surface area contributed by atoms with Gasteiger partial charge in [0.25, 0.3) is 0 Å². The minimum atomic E-state index is -5.00. The first-order chi connectivity index (χ1) is 32.3. The Bertz CT molecular complexity index is 2630. The first kappa shape index (κ1) is 47.3. The Labute approximate surface area is 396 Å². The van der Waals surface area contributed by atoms with E-state index in [0.717, 1.165) is 17.5 Å². The number of alkyl halides is 4. The fourth-order valence-corrected chi connectivity index (χ4v) is 10.6. The molecule has 4 fully saturated rings. The van der Waals surface area contributed by atoms with E-state index in [0.29, 0.717) is 37.3 Å². The maximum Gasteiger partial charge on any atom is 0.418 e. The Morgan fingerprint density at radius 2 is 1.50 bits per heavy atom. The number of halogens is 6. The summed E-state index contributed by atoms with van der Waals surface area (Å²) in [4.78, 5) is 39.2. The first-order valence-electron chi connectivity index (χ1n) is 22.8. The molecule has 4 aliphatic rings. The van der Waals surface area contributed by atoms with Crippen LogP contribution in [0.1, 0.15) is 75.1 Å². The van der Waals surface area contributed by atoms with Crippen LogP contribution in [0.25, 0.3) is 22.3 Å². The molecular formula is C49H54ClF5N8O5. The van der Waals surface area contributed by atoms with Gasteiger partial charge in [-0.1, -0.05) is 35.9 Å². The molecule has 7 heterocycles. The minimum absolute atomic E-state index is 0.00255. The largest absolute Gasteiger partial charge is 0.497 e. The highest BCUT2D eigenvalue weighted by Gasteiger charge is 2.50. The van der Waals surface area contributed by atoms with Crippen molar-refractivity contribution in [1.29, 1.82) is 0 Å². The molecule has 0 radical (unpaired) electrons. The predicted octanol–water partition coefficient (Wildman–Crippen LogP) is 9.97. The van der Waals surface area contributed by atoms with Gasteiger partial charge in [-0.05, 0) is 107 Å². The molecule has 5 aromatic rings. The number of methoxy groups -OCH3 is 2. The summed E-state index contributed by atoms with van der Waals surface area (Å²) in [5.74, 6) is 0.287. The molecule has 4 aliphatic heterocycles. The molecule has 0 unspecified atom stereocenters. The van der Waals surface area contributed by atoms with Gasteiger partial charge in [-0.3, -0.25) is 9.80 Å². The van der Waals surface area contributed by atoms with Crippen LogP contribution in [0.2, 0.25) is 5.15 Å². The van der Waals surface area contributed by atoms with Gasteiger partial charge in [0, 0.05) is 39.1 Å². The summed E-state index contributed by atoms with van der Waals surface area (Å²) in [5, 5.41) is -0.402. The van der Waals surface area contributed by atoms with Gasteiger partial charge in [0.2, 0.25) is 0 Å². The monoisotopic (exact) mass is 964 g/mol. The molecule has 0 aliphatic carbocycles. The van der Waals surface area contributed by atoms with Gasteiger partial charge in [-0.2, -0.15) is 23.1 Å². The molecule has 9 rings (SSSR count). The number of nitrogens with zero attached hydrogens (tertiary/aromatic N) is 8. The van der Waals surface area contributed by atoms with E-state index in [4.69, 9.17) is 35.5 Å². The molecule has 362 valence electrons. The predicted molar refractivity (Wildman–Crippen MR) is 247 cm³/mol. The number of benzene rings is 2. The van der Waals surface area contributed by atoms with Crippen LogP contribution in [0.4, 0.5) is 38.4 Å². The van der Waals surface area contributed by atoms with E-state index in [1.165, 1.54) is 13.0 Å². The van der Waals surface area contributed by atoms with Crippen LogP contribution in [0.5, 0.6) is 17.5 Å². The van der Waals surface area contributed by atoms with Crippen LogP contribution in [-0.2, 0) is 24.0 Å². The number of aryl methyl sites for hydroxylation is 1. The normalized spacial score (nSPS) is 21.6. The van der Waals surface area contributed by atoms with E-state index in [1.807, 2.05) is 29.2 Å². The fourth-order valence-electron chi connectivity index (χ4n) is 10.3. The van der Waals surface area contributed by atoms with Crippen molar-refractivity contribution in [2.24, 2.45) is 0 Å². The van der Waals surface area contributed by atoms with Gasteiger partial charge < -0.3 is 28.7 Å². The second-order valence-corrected chi connectivity index (χ2v) is 19.6. The van der Waals surface area contributed by atoms with Crippen molar-refractivity contribution in [3.63, 3.8) is 0 Å². The summed E-state index contributed by atoms with van der Waals surface area (Å²) in [7, 11) is 3.10. The first-order valence-corrected chi connectivity index (χ1v) is 23.2. The standard InChI is InChI=1S/C49H54ClF5N8O5/c1-28-20-36(60(22-29-8-14-34(65-5)15-9-29)23-30-10-16-35(66-6)17-11-30)56-41(38(28)49(53,54)55)42-39(52)40-37(43(50)57-42)44(59-45(58-40)67-27-48-18-7-19-62(48)24-31(51)21-48)61-25-32-12-13-33(26-61)63(32)46(64)68-47(2,3)4/h8-11,14-17,20,31-33H,7,12-13,18-19,21-27H2,1-6H3/t31-,32-,33+,48+/m1/s1. The Morgan fingerprint density at radius 3 is 2.07 bits per heavy atom. The summed E-state index contributed by atoms with van der Waals surface area (Å²) in [6, 6.07) is 15.0. The lowest BCUT2D eigenvalue weighted by Crippen LogP contribution is -2.57. The maximum atomic E-state index is 17.8. The number of anilines is 2. The molecule has 4 atom stereocenters. The third kappa shape index (κ3) is 9.37. The zero-order valence-electron chi connectivity index (χ0n) is 38.8. The topological polar surface area (TPSA) is 119 Å². The number of amides is 1. The van der Waals surface area contributed by atoms with Crippen LogP contribution in [0.15, 0.2) is 54.6 Å². The second-order valence-electron chi connectivity index (χ2n) is 19.2. The molecule has 1 amide bonds. The van der Waals surface area contributed by atoms with E-state index in [2.05, 4.69) is 19.9 Å². The van der Waals surface area contributed by atoms with E-state index >= 15 is 17.6 Å². The van der Waals surface area contributed by atoms with Crippen LogP contribution in [0.3, 0.4) is 0 Å². The third-order valence-corrected chi connectivity index (χ3v) is 13.7. The zero-order valence-corrected chi connectivity index (χ0v) is 39.6. The van der Waals surface area contributed by atoms with Crippen molar-refractivity contribution in [2.45, 2.75) is 108 Å². The number of carbonyl (C=O) groups is 1. The van der Waals surface area contributed by atoms with Crippen LogP contribution in [-0.4, -0.2) is 112 Å². The molecule has 13 nitrogen and oxygen atoms in total. The minimum Gasteiger partial charge on any atom is -0.497 e.